The van der Waals surface area contributed by atoms with Crippen molar-refractivity contribution in [2.75, 3.05) is 27.7 Å². The van der Waals surface area contributed by atoms with E-state index in [-0.39, 0.29) is 23.8 Å². The van der Waals surface area contributed by atoms with Gasteiger partial charge in [-0.25, -0.2) is 5.01 Å². The van der Waals surface area contributed by atoms with Crippen LogP contribution in [-0.4, -0.2) is 55.6 Å². The molecule has 3 atom stereocenters. The predicted molar refractivity (Wildman–Crippen MR) is 128 cm³/mol. The van der Waals surface area contributed by atoms with Gasteiger partial charge in [0.1, 0.15) is 6.17 Å². The van der Waals surface area contributed by atoms with Crippen molar-refractivity contribution in [1.82, 2.24) is 31.3 Å². The van der Waals surface area contributed by atoms with Crippen LogP contribution < -0.4 is 21.4 Å². The van der Waals surface area contributed by atoms with Gasteiger partial charge in [0.2, 0.25) is 5.91 Å². The van der Waals surface area contributed by atoms with E-state index in [1.807, 2.05) is 63.3 Å². The van der Waals surface area contributed by atoms with Crippen molar-refractivity contribution in [2.24, 2.45) is 5.92 Å². The van der Waals surface area contributed by atoms with Gasteiger partial charge in [0, 0.05) is 44.5 Å². The van der Waals surface area contributed by atoms with Crippen molar-refractivity contribution in [3.05, 3.63) is 59.6 Å². The van der Waals surface area contributed by atoms with Gasteiger partial charge >= 0.3 is 0 Å². The molecule has 1 heterocycles. The monoisotopic (exact) mass is 442 g/mol. The molecule has 8 nitrogen and oxygen atoms in total. The summed E-state index contributed by atoms with van der Waals surface area (Å²) in [6.07, 6.45) is 6.79. The van der Waals surface area contributed by atoms with Gasteiger partial charge in [-0.1, -0.05) is 32.9 Å². The molecule has 0 fully saturated rings. The summed E-state index contributed by atoms with van der Waals surface area (Å²) < 4.78 is 0. The van der Waals surface area contributed by atoms with E-state index in [4.69, 9.17) is 0 Å². The van der Waals surface area contributed by atoms with E-state index in [2.05, 4.69) is 21.4 Å². The quantitative estimate of drug-likeness (QED) is 0.394. The number of carbonyl (C=O) groups is 2. The van der Waals surface area contributed by atoms with Crippen molar-refractivity contribution in [2.45, 2.75) is 45.8 Å². The third-order valence-electron chi connectivity index (χ3n) is 5.68. The fourth-order valence-electron chi connectivity index (χ4n) is 3.75. The van der Waals surface area contributed by atoms with Crippen LogP contribution in [0.3, 0.4) is 0 Å². The zero-order valence-electron chi connectivity index (χ0n) is 20.1. The lowest BCUT2D eigenvalue weighted by atomic mass is 10.0. The standard InChI is InChI=1S/C24H38N6O2/c1-7-14-30(24(32)17(3)8-2)22(26-5)20(16-25-4)28-23(31)19-11-9-10-18(15-19)21-12-13-27-29(21)6/h9-13,15-17,21-22,25-27H,7-8,14H2,1-6H3,(H,28,31)/b20-16+. The molecular weight excluding hydrogens is 404 g/mol. The van der Waals surface area contributed by atoms with Crippen LogP contribution in [0, 0.1) is 5.92 Å². The molecule has 4 N–H and O–H groups in total. The molecule has 3 unspecified atom stereocenters. The maximum atomic E-state index is 13.2. The zero-order chi connectivity index (χ0) is 23.7. The molecule has 2 amide bonds. The van der Waals surface area contributed by atoms with Crippen molar-refractivity contribution < 1.29 is 9.59 Å². The highest BCUT2D eigenvalue weighted by Crippen LogP contribution is 2.23. The van der Waals surface area contributed by atoms with E-state index in [1.54, 1.807) is 31.3 Å². The van der Waals surface area contributed by atoms with Gasteiger partial charge in [0.25, 0.3) is 5.91 Å². The number of hydrogen-bond donors (Lipinski definition) is 4. The highest BCUT2D eigenvalue weighted by Gasteiger charge is 2.29. The molecule has 0 saturated heterocycles. The maximum Gasteiger partial charge on any atom is 0.255 e. The molecule has 0 saturated carbocycles. The van der Waals surface area contributed by atoms with Crippen LogP contribution >= 0.6 is 0 Å². The number of benzene rings is 1. The number of rotatable bonds is 11. The molecule has 0 bridgehead atoms. The summed E-state index contributed by atoms with van der Waals surface area (Å²) in [6, 6.07) is 7.65. The molecule has 8 heteroatoms. The Morgan fingerprint density at radius 3 is 2.59 bits per heavy atom. The lowest BCUT2D eigenvalue weighted by Gasteiger charge is -2.35. The third kappa shape index (κ3) is 6.11. The van der Waals surface area contributed by atoms with Crippen LogP contribution in [0.15, 0.2) is 48.4 Å². The molecule has 1 aromatic rings. The minimum atomic E-state index is -0.455. The number of nitrogens with zero attached hydrogens (tertiary/aromatic N) is 2. The first kappa shape index (κ1) is 25.4. The summed E-state index contributed by atoms with van der Waals surface area (Å²) in [4.78, 5) is 28.0. The number of amides is 2. The maximum absolute atomic E-state index is 13.2. The van der Waals surface area contributed by atoms with Gasteiger partial charge in [-0.3, -0.25) is 14.9 Å². The first-order valence-corrected chi connectivity index (χ1v) is 11.3. The molecular formula is C24H38N6O2. The Labute approximate surface area is 192 Å². The van der Waals surface area contributed by atoms with Crippen LogP contribution in [0.25, 0.3) is 0 Å². The van der Waals surface area contributed by atoms with E-state index >= 15 is 0 Å². The normalized spacial score (nSPS) is 18.1. The average Bonchev–Trinajstić information content (AvgIpc) is 3.23. The van der Waals surface area contributed by atoms with Gasteiger partial charge in [-0.2, -0.15) is 0 Å². The molecule has 2 rings (SSSR count). The summed E-state index contributed by atoms with van der Waals surface area (Å²) in [6.45, 7) is 6.58. The lowest BCUT2D eigenvalue weighted by molar-refractivity contribution is -0.137. The SMILES string of the molecule is CCCN(C(=O)C(C)CC)C(NC)/C(=C\NC)NC(=O)c1cccc(C2C=CNN2C)c1. The fourth-order valence-corrected chi connectivity index (χ4v) is 3.75. The average molecular weight is 443 g/mol. The van der Waals surface area contributed by atoms with Crippen LogP contribution in [0.2, 0.25) is 0 Å². The molecule has 32 heavy (non-hydrogen) atoms. The second kappa shape index (κ2) is 12.3. The summed E-state index contributed by atoms with van der Waals surface area (Å²) in [7, 11) is 5.53. The number of hydrogen-bond acceptors (Lipinski definition) is 6. The number of carbonyl (C=O) groups excluding carboxylic acids is 2. The second-order valence-electron chi connectivity index (χ2n) is 8.04. The smallest absolute Gasteiger partial charge is 0.255 e. The topological polar surface area (TPSA) is 88.7 Å². The predicted octanol–water partition coefficient (Wildman–Crippen LogP) is 2.31. The number of nitrogens with one attached hydrogen (secondary N) is 4. The van der Waals surface area contributed by atoms with E-state index in [9.17, 15) is 9.59 Å². The summed E-state index contributed by atoms with van der Waals surface area (Å²) in [5.41, 5.74) is 5.30. The van der Waals surface area contributed by atoms with Crippen LogP contribution in [0.1, 0.15) is 55.6 Å². The number of hydrazine groups is 1. The van der Waals surface area contributed by atoms with E-state index < -0.39 is 6.17 Å². The first-order chi connectivity index (χ1) is 15.4. The third-order valence-corrected chi connectivity index (χ3v) is 5.68. The summed E-state index contributed by atoms with van der Waals surface area (Å²) in [5.74, 6) is -0.250. The highest BCUT2D eigenvalue weighted by atomic mass is 16.2. The molecule has 1 aromatic carbocycles. The molecule has 0 radical (unpaired) electrons. The Kier molecular flexibility index (Phi) is 9.74. The molecule has 176 valence electrons. The Morgan fingerprint density at radius 1 is 1.28 bits per heavy atom. The lowest BCUT2D eigenvalue weighted by Crippen LogP contribution is -2.53. The number of likely N-dealkylation sites (N-methyl/N-ethyl adjacent to an activating group) is 2. The van der Waals surface area contributed by atoms with Gasteiger partial charge in [0.05, 0.1) is 11.7 Å². The van der Waals surface area contributed by atoms with E-state index in [0.29, 0.717) is 17.8 Å². The van der Waals surface area contributed by atoms with Crippen LogP contribution in [-0.2, 0) is 4.79 Å². The van der Waals surface area contributed by atoms with Gasteiger partial charge < -0.3 is 21.0 Å². The molecule has 0 spiro atoms. The first-order valence-electron chi connectivity index (χ1n) is 11.3. The van der Waals surface area contributed by atoms with Crippen molar-refractivity contribution >= 4 is 11.8 Å². The van der Waals surface area contributed by atoms with Crippen LogP contribution in [0.5, 0.6) is 0 Å². The summed E-state index contributed by atoms with van der Waals surface area (Å²) in [5, 5.41) is 11.2. The minimum Gasteiger partial charge on any atom is -0.392 e. The van der Waals surface area contributed by atoms with Gasteiger partial charge in [-0.15, -0.1) is 0 Å². The van der Waals surface area contributed by atoms with Crippen molar-refractivity contribution in [1.29, 1.82) is 0 Å². The molecule has 1 aliphatic rings. The van der Waals surface area contributed by atoms with Gasteiger partial charge in [-0.05, 0) is 43.7 Å². The van der Waals surface area contributed by atoms with E-state index in [1.165, 1.54) is 0 Å². The van der Waals surface area contributed by atoms with Crippen molar-refractivity contribution in [3.8, 4) is 0 Å². The molecule has 1 aliphatic heterocycles. The highest BCUT2D eigenvalue weighted by molar-refractivity contribution is 5.95. The second-order valence-corrected chi connectivity index (χ2v) is 8.04. The van der Waals surface area contributed by atoms with E-state index in [0.717, 1.165) is 18.4 Å². The Hall–Kier alpha value is -2.84. The molecule has 0 aliphatic carbocycles. The van der Waals surface area contributed by atoms with Crippen molar-refractivity contribution in [3.63, 3.8) is 0 Å². The largest absolute Gasteiger partial charge is 0.392 e. The summed E-state index contributed by atoms with van der Waals surface area (Å²) >= 11 is 0. The zero-order valence-corrected chi connectivity index (χ0v) is 20.1. The Bertz CT molecular complexity index is 838. The Morgan fingerprint density at radius 2 is 2.03 bits per heavy atom. The van der Waals surface area contributed by atoms with Crippen LogP contribution in [0.4, 0.5) is 0 Å². The molecule has 0 aromatic heterocycles. The minimum absolute atomic E-state index is 0.0633. The Balaban J connectivity index is 2.28. The fraction of sp³-hybridized carbons (Fsp3) is 0.500. The van der Waals surface area contributed by atoms with Gasteiger partial charge in [0.15, 0.2) is 0 Å².